The van der Waals surface area contributed by atoms with Gasteiger partial charge in [-0.3, -0.25) is 14.5 Å². The number of fused-ring (bicyclic) bond motifs is 4. The van der Waals surface area contributed by atoms with E-state index in [0.29, 0.717) is 32.2 Å². The third-order valence-corrected chi connectivity index (χ3v) is 10.1. The Bertz CT molecular complexity index is 1870. The molecular weight excluding hydrogens is 601 g/mol. The summed E-state index contributed by atoms with van der Waals surface area (Å²) in [4.78, 5) is 28.8. The fourth-order valence-electron chi connectivity index (χ4n) is 7.95. The molecule has 3 aliphatic rings. The number of para-hydroxylation sites is 1. The topological polar surface area (TPSA) is 96.3 Å². The van der Waals surface area contributed by atoms with Crippen molar-refractivity contribution in [1.82, 2.24) is 4.90 Å². The number of allylic oxidation sites excluding steroid dienone is 1. The molecule has 2 amide bonds. The van der Waals surface area contributed by atoms with Crippen LogP contribution in [0.2, 0.25) is 6.32 Å². The number of nitrogens with zero attached hydrogens (tertiary/aromatic N) is 1. The molecule has 2 aliphatic heterocycles. The summed E-state index contributed by atoms with van der Waals surface area (Å²) in [6.45, 7) is 2.66. The molecule has 4 aromatic carbocycles. The van der Waals surface area contributed by atoms with Crippen LogP contribution in [0.3, 0.4) is 0 Å². The van der Waals surface area contributed by atoms with Crippen molar-refractivity contribution in [3.63, 3.8) is 0 Å². The van der Waals surface area contributed by atoms with Crippen molar-refractivity contribution in [3.8, 4) is 11.5 Å². The minimum Gasteiger partial charge on any atom is -0.507 e. The number of benzene rings is 4. The molecule has 0 aromatic heterocycles. The van der Waals surface area contributed by atoms with Gasteiger partial charge in [-0.25, -0.2) is 0 Å². The summed E-state index contributed by atoms with van der Waals surface area (Å²) < 4.78 is 12.6. The predicted molar refractivity (Wildman–Crippen MR) is 188 cm³/mol. The summed E-state index contributed by atoms with van der Waals surface area (Å²) in [5.41, 5.74) is 5.13. The summed E-state index contributed by atoms with van der Waals surface area (Å²) in [6, 6.07) is 31.3. The van der Waals surface area contributed by atoms with Gasteiger partial charge in [0.2, 0.25) is 11.8 Å². The van der Waals surface area contributed by atoms with Gasteiger partial charge in [0.1, 0.15) is 18.1 Å². The number of aromatic hydroxyl groups is 1. The number of carbonyl (C=O) groups is 2. The highest BCUT2D eigenvalue weighted by Gasteiger charge is 2.57. The van der Waals surface area contributed by atoms with Crippen LogP contribution in [0.15, 0.2) is 108 Å². The van der Waals surface area contributed by atoms with Crippen molar-refractivity contribution < 1.29 is 29.1 Å². The summed E-state index contributed by atoms with van der Waals surface area (Å²) in [6.07, 6.45) is 4.30. The summed E-state index contributed by atoms with van der Waals surface area (Å²) in [5.74, 6) is -0.547. The number of phenolic OH excluding ortho intramolecular Hbond substituents is 1. The lowest BCUT2D eigenvalue weighted by atomic mass is 9.58. The Morgan fingerprint density at radius 1 is 0.917 bits per heavy atom. The molecule has 2 fully saturated rings. The van der Waals surface area contributed by atoms with Gasteiger partial charge in [0.15, 0.2) is 0 Å². The smallest absolute Gasteiger partial charge is 0.455 e. The van der Waals surface area contributed by atoms with Crippen LogP contribution in [-0.2, 0) is 14.2 Å². The van der Waals surface area contributed by atoms with E-state index in [4.69, 9.17) is 9.39 Å². The number of carbonyl (C=O) groups excluding carboxylic acids is 2. The van der Waals surface area contributed by atoms with Gasteiger partial charge in [-0.1, -0.05) is 91.9 Å². The van der Waals surface area contributed by atoms with Crippen molar-refractivity contribution in [2.45, 2.75) is 45.0 Å². The maximum atomic E-state index is 13.8. The number of hydrogen-bond acceptors (Lipinski definition) is 6. The van der Waals surface area contributed by atoms with E-state index in [1.807, 2.05) is 85.8 Å². The zero-order chi connectivity index (χ0) is 33.2. The number of phenols is 1. The first kappa shape index (κ1) is 31.9. The Kier molecular flexibility index (Phi) is 9.20. The van der Waals surface area contributed by atoms with E-state index >= 15 is 0 Å². The van der Waals surface area contributed by atoms with Crippen LogP contribution in [0.25, 0.3) is 22.4 Å². The van der Waals surface area contributed by atoms with Crippen molar-refractivity contribution >= 4 is 41.4 Å². The second kappa shape index (κ2) is 13.8. The number of rotatable bonds is 10. The lowest BCUT2D eigenvalue weighted by Gasteiger charge is -2.43. The van der Waals surface area contributed by atoms with E-state index < -0.39 is 25.1 Å². The normalized spacial score (nSPS) is 22.7. The minimum absolute atomic E-state index is 0.115. The summed E-state index contributed by atoms with van der Waals surface area (Å²) in [5, 5.41) is 23.4. The summed E-state index contributed by atoms with van der Waals surface area (Å²) in [7, 11) is -1.05. The molecule has 7 nitrogen and oxygen atoms in total. The number of likely N-dealkylation sites (tertiary alicyclic amines) is 1. The van der Waals surface area contributed by atoms with E-state index in [9.17, 15) is 19.7 Å². The van der Waals surface area contributed by atoms with Crippen LogP contribution < -0.4 is 4.74 Å². The van der Waals surface area contributed by atoms with Gasteiger partial charge >= 0.3 is 7.12 Å². The third kappa shape index (κ3) is 6.18. The van der Waals surface area contributed by atoms with Crippen LogP contribution in [-0.4, -0.2) is 53.2 Å². The minimum atomic E-state index is -1.05. The van der Waals surface area contributed by atoms with Crippen molar-refractivity contribution in [1.29, 1.82) is 0 Å². The Labute approximate surface area is 281 Å². The van der Waals surface area contributed by atoms with Crippen LogP contribution >= 0.6 is 0 Å². The fraction of sp³-hybridized carbons (Fsp3) is 0.300. The van der Waals surface area contributed by atoms with Crippen molar-refractivity contribution in [2.75, 3.05) is 13.2 Å². The molecule has 0 radical (unpaired) electrons. The lowest BCUT2D eigenvalue weighted by Crippen LogP contribution is -2.46. The van der Waals surface area contributed by atoms with Gasteiger partial charge in [0.25, 0.3) is 0 Å². The second-order valence-electron chi connectivity index (χ2n) is 13.0. The molecule has 48 heavy (non-hydrogen) atoms. The first-order chi connectivity index (χ1) is 23.4. The van der Waals surface area contributed by atoms with Gasteiger partial charge in [-0.2, -0.15) is 0 Å². The van der Waals surface area contributed by atoms with Gasteiger partial charge in [0, 0.05) is 11.9 Å². The molecular formula is C40H40BNO6. The largest absolute Gasteiger partial charge is 0.507 e. The third-order valence-electron chi connectivity index (χ3n) is 10.1. The molecule has 8 heteroatoms. The van der Waals surface area contributed by atoms with E-state index in [0.717, 1.165) is 44.4 Å². The van der Waals surface area contributed by atoms with E-state index in [-0.39, 0.29) is 36.4 Å². The van der Waals surface area contributed by atoms with Gasteiger partial charge in [-0.05, 0) is 89.4 Å². The van der Waals surface area contributed by atoms with Crippen LogP contribution in [0.1, 0.15) is 43.7 Å². The Balaban J connectivity index is 1.25. The molecule has 4 atom stereocenters. The van der Waals surface area contributed by atoms with E-state index in [1.54, 1.807) is 6.07 Å². The highest BCUT2D eigenvalue weighted by atomic mass is 16.5. The molecule has 2 saturated heterocycles. The fourth-order valence-corrected chi connectivity index (χ4v) is 7.95. The Morgan fingerprint density at radius 2 is 1.62 bits per heavy atom. The molecule has 244 valence electrons. The molecule has 2 heterocycles. The van der Waals surface area contributed by atoms with E-state index in [1.165, 1.54) is 4.90 Å². The number of hydrogen-bond donors (Lipinski definition) is 2. The molecule has 0 spiro atoms. The number of ether oxygens (including phenoxy) is 1. The highest BCUT2D eigenvalue weighted by Crippen LogP contribution is 2.51. The second-order valence-corrected chi connectivity index (χ2v) is 13.0. The Morgan fingerprint density at radius 3 is 2.38 bits per heavy atom. The molecule has 0 unspecified atom stereocenters. The van der Waals surface area contributed by atoms with Gasteiger partial charge in [0.05, 0.1) is 17.9 Å². The number of amides is 2. The van der Waals surface area contributed by atoms with E-state index in [2.05, 4.69) is 18.2 Å². The molecule has 4 aromatic rings. The van der Waals surface area contributed by atoms with Crippen LogP contribution in [0.4, 0.5) is 0 Å². The predicted octanol–water partition coefficient (Wildman–Crippen LogP) is 7.15. The number of imide groups is 1. The highest BCUT2D eigenvalue weighted by molar-refractivity contribution is 6.43. The van der Waals surface area contributed by atoms with Gasteiger partial charge < -0.3 is 19.5 Å². The monoisotopic (exact) mass is 641 g/mol. The molecule has 2 N–H and O–H groups in total. The standard InChI is InChI=1S/C40H40BNO6/c1-2-21-42-39(44)33-23-29(25-47-30-13-7-4-8-14-30)37-34(38(33)40(42)45)24-41(46)48-36(37)20-18-27(26-11-5-3-6-12-26)22-28-17-19-35(43)32-16-10-9-15-31(28)32/h3-17,19,22,33-34,36,38,43,46H,2,18,20-21,23-25H2,1H3/b27-22-/t33-,34+,36-,38-/m1/s1. The summed E-state index contributed by atoms with van der Waals surface area (Å²) >= 11 is 0. The quantitative estimate of drug-likeness (QED) is 0.0827. The van der Waals surface area contributed by atoms with Gasteiger partial charge in [-0.15, -0.1) is 0 Å². The first-order valence-electron chi connectivity index (χ1n) is 17.0. The Hall–Kier alpha value is -4.66. The molecule has 0 saturated carbocycles. The zero-order valence-corrected chi connectivity index (χ0v) is 27.1. The average molecular weight is 642 g/mol. The molecule has 0 bridgehead atoms. The SMILES string of the molecule is CCCN1C(=O)[C@@H]2[C@@H](CC(COc3ccccc3)=C3[C@@H](CC/C(=C/c4ccc(O)c5ccccc45)c4ccccc4)OB(O)C[C@@H]32)C1=O. The lowest BCUT2D eigenvalue weighted by molar-refractivity contribution is -0.140. The van der Waals surface area contributed by atoms with Crippen molar-refractivity contribution in [3.05, 3.63) is 119 Å². The van der Waals surface area contributed by atoms with Crippen LogP contribution in [0.5, 0.6) is 11.5 Å². The zero-order valence-electron chi connectivity index (χ0n) is 27.1. The molecule has 7 rings (SSSR count). The van der Waals surface area contributed by atoms with Crippen molar-refractivity contribution in [2.24, 2.45) is 17.8 Å². The average Bonchev–Trinajstić information content (AvgIpc) is 3.35. The maximum absolute atomic E-state index is 13.8. The van der Waals surface area contributed by atoms with Crippen LogP contribution in [0, 0.1) is 17.8 Å². The maximum Gasteiger partial charge on any atom is 0.455 e. The first-order valence-corrected chi connectivity index (χ1v) is 17.0. The molecule has 1 aliphatic carbocycles.